The van der Waals surface area contributed by atoms with Gasteiger partial charge in [-0.05, 0) is 55.9 Å². The Morgan fingerprint density at radius 1 is 1.19 bits per heavy atom. The topological polar surface area (TPSA) is 58.4 Å². The number of anilines is 1. The largest absolute Gasteiger partial charge is 0.497 e. The zero-order chi connectivity index (χ0) is 19.2. The highest BCUT2D eigenvalue weighted by Crippen LogP contribution is 2.22. The quantitative estimate of drug-likeness (QED) is 0.488. The first-order valence-corrected chi connectivity index (χ1v) is 9.28. The number of rotatable bonds is 7. The zero-order valence-corrected chi connectivity index (χ0v) is 16.5. The van der Waals surface area contributed by atoms with Crippen molar-refractivity contribution in [1.82, 2.24) is 14.9 Å². The molecule has 6 nitrogen and oxygen atoms in total. The van der Waals surface area contributed by atoms with Crippen LogP contribution in [-0.2, 0) is 0 Å². The monoisotopic (exact) mass is 381 g/mol. The maximum absolute atomic E-state index is 5.33. The van der Waals surface area contributed by atoms with Gasteiger partial charge < -0.3 is 9.64 Å². The van der Waals surface area contributed by atoms with Crippen LogP contribution < -0.4 is 9.64 Å². The third kappa shape index (κ3) is 4.25. The second-order valence-corrected chi connectivity index (χ2v) is 6.29. The molecule has 0 spiro atoms. The molecule has 0 unspecified atom stereocenters. The highest BCUT2D eigenvalue weighted by atomic mass is 32.1. The maximum Gasteiger partial charge on any atom is 0.216 e. The number of H-pyrrole nitrogens is 1. The summed E-state index contributed by atoms with van der Waals surface area (Å²) < 4.78 is 7.33. The van der Waals surface area contributed by atoms with Crippen LogP contribution in [0.15, 0.2) is 53.6 Å². The number of nitrogens with one attached hydrogen (secondary N) is 1. The van der Waals surface area contributed by atoms with Crippen molar-refractivity contribution in [2.24, 2.45) is 5.10 Å². The molecule has 3 rings (SSSR count). The SMILES string of the molecule is CCN(CC)c1ccc(/C=N\n2c(-c3cccc(OC)c3)n[nH]c2=S)cc1. The summed E-state index contributed by atoms with van der Waals surface area (Å²) in [6, 6.07) is 15.9. The van der Waals surface area contributed by atoms with Crippen LogP contribution in [0.3, 0.4) is 0 Å². The van der Waals surface area contributed by atoms with Crippen LogP contribution in [0.2, 0.25) is 0 Å². The maximum atomic E-state index is 5.33. The van der Waals surface area contributed by atoms with Gasteiger partial charge in [-0.3, -0.25) is 0 Å². The molecule has 140 valence electrons. The molecule has 0 bridgehead atoms. The van der Waals surface area contributed by atoms with Crippen LogP contribution in [-0.4, -0.2) is 41.3 Å². The number of benzene rings is 2. The fraction of sp³-hybridized carbons (Fsp3) is 0.250. The lowest BCUT2D eigenvalue weighted by molar-refractivity contribution is 0.415. The number of methoxy groups -OCH3 is 1. The van der Waals surface area contributed by atoms with Gasteiger partial charge in [0.2, 0.25) is 4.77 Å². The molecule has 0 radical (unpaired) electrons. The average molecular weight is 382 g/mol. The van der Waals surface area contributed by atoms with Gasteiger partial charge in [0, 0.05) is 24.3 Å². The second-order valence-electron chi connectivity index (χ2n) is 5.90. The van der Waals surface area contributed by atoms with E-state index in [2.05, 4.69) is 46.2 Å². The fourth-order valence-corrected chi connectivity index (χ4v) is 3.01. The van der Waals surface area contributed by atoms with Crippen LogP contribution in [0.5, 0.6) is 5.75 Å². The molecular weight excluding hydrogens is 358 g/mol. The summed E-state index contributed by atoms with van der Waals surface area (Å²) in [6.45, 7) is 6.27. The van der Waals surface area contributed by atoms with E-state index in [0.717, 1.165) is 30.0 Å². The first-order valence-electron chi connectivity index (χ1n) is 8.87. The molecule has 0 atom stereocenters. The first kappa shape index (κ1) is 18.8. The van der Waals surface area contributed by atoms with Crippen LogP contribution in [0.4, 0.5) is 5.69 Å². The summed E-state index contributed by atoms with van der Waals surface area (Å²) in [7, 11) is 1.64. The standard InChI is InChI=1S/C20H23N5OS/c1-4-24(5-2)17-11-9-15(10-12-17)14-21-25-19(22-23-20(25)27)16-7-6-8-18(13-16)26-3/h6-14H,4-5H2,1-3H3,(H,23,27)/b21-14-. The number of aromatic nitrogens is 3. The van der Waals surface area contributed by atoms with Crippen molar-refractivity contribution in [3.8, 4) is 17.1 Å². The van der Waals surface area contributed by atoms with Gasteiger partial charge in [-0.1, -0.05) is 24.3 Å². The summed E-state index contributed by atoms with van der Waals surface area (Å²) in [5.74, 6) is 1.39. The zero-order valence-electron chi connectivity index (χ0n) is 15.7. The average Bonchev–Trinajstić information content (AvgIpc) is 3.09. The van der Waals surface area contributed by atoms with Crippen molar-refractivity contribution in [2.75, 3.05) is 25.1 Å². The van der Waals surface area contributed by atoms with Crippen LogP contribution in [0.25, 0.3) is 11.4 Å². The van der Waals surface area contributed by atoms with E-state index in [4.69, 9.17) is 17.0 Å². The molecule has 0 saturated carbocycles. The highest BCUT2D eigenvalue weighted by Gasteiger charge is 2.09. The lowest BCUT2D eigenvalue weighted by Gasteiger charge is -2.20. The van der Waals surface area contributed by atoms with E-state index in [1.807, 2.05) is 36.4 Å². The number of aromatic amines is 1. The van der Waals surface area contributed by atoms with Gasteiger partial charge in [0.15, 0.2) is 5.82 Å². The molecule has 0 saturated heterocycles. The van der Waals surface area contributed by atoms with E-state index >= 15 is 0 Å². The predicted molar refractivity (Wildman–Crippen MR) is 112 cm³/mol. The van der Waals surface area contributed by atoms with Crippen LogP contribution >= 0.6 is 12.2 Å². The highest BCUT2D eigenvalue weighted by molar-refractivity contribution is 7.71. The van der Waals surface area contributed by atoms with Crippen molar-refractivity contribution in [3.05, 3.63) is 58.9 Å². The van der Waals surface area contributed by atoms with E-state index < -0.39 is 0 Å². The van der Waals surface area contributed by atoms with E-state index in [-0.39, 0.29) is 0 Å². The van der Waals surface area contributed by atoms with E-state index in [1.165, 1.54) is 5.69 Å². The van der Waals surface area contributed by atoms with Gasteiger partial charge in [-0.2, -0.15) is 14.9 Å². The lowest BCUT2D eigenvalue weighted by Crippen LogP contribution is -2.21. The Labute approximate surface area is 164 Å². The molecule has 1 aromatic heterocycles. The Balaban J connectivity index is 1.88. The van der Waals surface area contributed by atoms with Crippen molar-refractivity contribution < 1.29 is 4.74 Å². The Kier molecular flexibility index (Phi) is 6.03. The fourth-order valence-electron chi connectivity index (χ4n) is 2.83. The smallest absolute Gasteiger partial charge is 0.216 e. The molecular formula is C20H23N5OS. The van der Waals surface area contributed by atoms with Gasteiger partial charge in [0.25, 0.3) is 0 Å². The van der Waals surface area contributed by atoms with E-state index in [9.17, 15) is 0 Å². The first-order chi connectivity index (χ1) is 13.2. The molecule has 1 heterocycles. The van der Waals surface area contributed by atoms with E-state index in [1.54, 1.807) is 18.0 Å². The third-order valence-electron chi connectivity index (χ3n) is 4.32. The lowest BCUT2D eigenvalue weighted by atomic mass is 10.2. The minimum Gasteiger partial charge on any atom is -0.497 e. The number of ether oxygens (including phenoxy) is 1. The van der Waals surface area contributed by atoms with Gasteiger partial charge in [-0.15, -0.1) is 0 Å². The number of hydrogen-bond donors (Lipinski definition) is 1. The van der Waals surface area contributed by atoms with Crippen molar-refractivity contribution in [2.45, 2.75) is 13.8 Å². The van der Waals surface area contributed by atoms with Gasteiger partial charge in [0.05, 0.1) is 13.3 Å². The van der Waals surface area contributed by atoms with Crippen LogP contribution in [0, 0.1) is 4.77 Å². The van der Waals surface area contributed by atoms with Gasteiger partial charge >= 0.3 is 0 Å². The van der Waals surface area contributed by atoms with Crippen molar-refractivity contribution >= 4 is 24.1 Å². The Morgan fingerprint density at radius 3 is 2.59 bits per heavy atom. The molecule has 2 aromatic carbocycles. The number of nitrogens with zero attached hydrogens (tertiary/aromatic N) is 4. The summed E-state index contributed by atoms with van der Waals surface area (Å²) in [4.78, 5) is 2.30. The second kappa shape index (κ2) is 8.64. The van der Waals surface area contributed by atoms with Gasteiger partial charge in [0.1, 0.15) is 5.75 Å². The third-order valence-corrected chi connectivity index (χ3v) is 4.59. The minimum absolute atomic E-state index is 0.434. The summed E-state index contributed by atoms with van der Waals surface area (Å²) in [5.41, 5.74) is 3.07. The summed E-state index contributed by atoms with van der Waals surface area (Å²) in [6.07, 6.45) is 1.78. The molecule has 3 aromatic rings. The summed E-state index contributed by atoms with van der Waals surface area (Å²) >= 11 is 5.33. The predicted octanol–water partition coefficient (Wildman–Crippen LogP) is 4.34. The molecule has 0 aliphatic rings. The molecule has 0 aliphatic heterocycles. The molecule has 0 amide bonds. The Morgan fingerprint density at radius 2 is 1.93 bits per heavy atom. The molecule has 27 heavy (non-hydrogen) atoms. The molecule has 0 fully saturated rings. The molecule has 7 heteroatoms. The Bertz CT molecular complexity index is 971. The van der Waals surface area contributed by atoms with Gasteiger partial charge in [-0.25, -0.2) is 5.10 Å². The molecule has 1 N–H and O–H groups in total. The summed E-state index contributed by atoms with van der Waals surface area (Å²) in [5, 5.41) is 11.6. The van der Waals surface area contributed by atoms with Crippen molar-refractivity contribution in [1.29, 1.82) is 0 Å². The number of hydrogen-bond acceptors (Lipinski definition) is 5. The molecule has 0 aliphatic carbocycles. The van der Waals surface area contributed by atoms with E-state index in [0.29, 0.717) is 10.6 Å². The normalized spacial score (nSPS) is 11.1. The van der Waals surface area contributed by atoms with Crippen molar-refractivity contribution in [3.63, 3.8) is 0 Å². The Hall–Kier alpha value is -2.93. The van der Waals surface area contributed by atoms with Crippen LogP contribution in [0.1, 0.15) is 19.4 Å². The minimum atomic E-state index is 0.434.